The number of aromatic nitrogens is 3. The Labute approximate surface area is 103 Å². The number of benzene rings is 1. The van der Waals surface area contributed by atoms with Gasteiger partial charge in [0.15, 0.2) is 5.82 Å². The predicted molar refractivity (Wildman–Crippen MR) is 59.1 cm³/mol. The molecule has 0 amide bonds. The first-order valence-corrected chi connectivity index (χ1v) is 5.40. The Morgan fingerprint density at radius 2 is 2.00 bits per heavy atom. The second-order valence-electron chi connectivity index (χ2n) is 3.43. The van der Waals surface area contributed by atoms with Crippen molar-refractivity contribution in [2.45, 2.75) is 6.18 Å². The smallest absolute Gasteiger partial charge is 0.255 e. The number of nitrogens with zero attached hydrogens (tertiary/aromatic N) is 3. The lowest BCUT2D eigenvalue weighted by atomic mass is 10.1. The van der Waals surface area contributed by atoms with E-state index >= 15 is 0 Å². The highest BCUT2D eigenvalue weighted by Crippen LogP contribution is 2.36. The van der Waals surface area contributed by atoms with Gasteiger partial charge in [0.05, 0.1) is 5.56 Å². The Morgan fingerprint density at radius 1 is 1.29 bits per heavy atom. The zero-order valence-corrected chi connectivity index (χ0v) is 10.2. The van der Waals surface area contributed by atoms with Crippen LogP contribution in [0.1, 0.15) is 5.56 Å². The Hall–Kier alpha value is -1.37. The summed E-state index contributed by atoms with van der Waals surface area (Å²) in [6, 6.07) is 3.91. The van der Waals surface area contributed by atoms with Crippen molar-refractivity contribution in [3.05, 3.63) is 34.6 Å². The van der Waals surface area contributed by atoms with Crippen LogP contribution >= 0.6 is 15.9 Å². The Balaban J connectivity index is 2.51. The molecule has 0 atom stereocenters. The topological polar surface area (TPSA) is 30.7 Å². The van der Waals surface area contributed by atoms with Crippen molar-refractivity contribution >= 4 is 15.9 Å². The van der Waals surface area contributed by atoms with Crippen LogP contribution in [-0.2, 0) is 13.2 Å². The molecule has 0 bridgehead atoms. The molecule has 0 aliphatic carbocycles. The summed E-state index contributed by atoms with van der Waals surface area (Å²) >= 11 is 2.88. The molecule has 0 saturated heterocycles. The molecule has 0 unspecified atom stereocenters. The van der Waals surface area contributed by atoms with Gasteiger partial charge in [-0.15, -0.1) is 0 Å². The van der Waals surface area contributed by atoms with E-state index in [1.807, 2.05) is 0 Å². The minimum absolute atomic E-state index is 0.00433. The molecule has 2 aromatic rings. The van der Waals surface area contributed by atoms with E-state index in [9.17, 15) is 13.2 Å². The molecule has 0 aliphatic heterocycles. The average Bonchev–Trinajstić information content (AvgIpc) is 2.64. The SMILES string of the molecule is Cn1cnc(-c2ccc(Br)c(C(F)(F)F)c2)n1. The van der Waals surface area contributed by atoms with E-state index in [2.05, 4.69) is 26.0 Å². The van der Waals surface area contributed by atoms with Gasteiger partial charge in [-0.1, -0.05) is 15.9 Å². The van der Waals surface area contributed by atoms with Gasteiger partial charge in [-0.05, 0) is 18.2 Å². The number of halogens is 4. The molecule has 1 aromatic carbocycles. The quantitative estimate of drug-likeness (QED) is 0.809. The van der Waals surface area contributed by atoms with Crippen molar-refractivity contribution in [1.82, 2.24) is 14.8 Å². The lowest BCUT2D eigenvalue weighted by molar-refractivity contribution is -0.138. The highest BCUT2D eigenvalue weighted by molar-refractivity contribution is 9.10. The summed E-state index contributed by atoms with van der Waals surface area (Å²) in [5.41, 5.74) is -0.399. The minimum atomic E-state index is -4.40. The first-order valence-electron chi connectivity index (χ1n) is 4.60. The van der Waals surface area contributed by atoms with Crippen molar-refractivity contribution in [3.8, 4) is 11.4 Å². The maximum Gasteiger partial charge on any atom is 0.417 e. The van der Waals surface area contributed by atoms with E-state index in [1.165, 1.54) is 23.1 Å². The summed E-state index contributed by atoms with van der Waals surface area (Å²) < 4.78 is 39.5. The molecular formula is C10H7BrF3N3. The molecular weight excluding hydrogens is 299 g/mol. The molecule has 1 heterocycles. The fraction of sp³-hybridized carbons (Fsp3) is 0.200. The molecule has 0 spiro atoms. The monoisotopic (exact) mass is 305 g/mol. The van der Waals surface area contributed by atoms with Crippen LogP contribution in [0.4, 0.5) is 13.2 Å². The van der Waals surface area contributed by atoms with Crippen molar-refractivity contribution < 1.29 is 13.2 Å². The van der Waals surface area contributed by atoms with Gasteiger partial charge in [0.1, 0.15) is 6.33 Å². The van der Waals surface area contributed by atoms with Gasteiger partial charge in [0.25, 0.3) is 0 Å². The van der Waals surface area contributed by atoms with E-state index in [0.29, 0.717) is 5.56 Å². The highest BCUT2D eigenvalue weighted by Gasteiger charge is 2.33. The summed E-state index contributed by atoms with van der Waals surface area (Å²) in [5.74, 6) is 0.269. The van der Waals surface area contributed by atoms with Crippen molar-refractivity contribution in [2.75, 3.05) is 0 Å². The zero-order valence-electron chi connectivity index (χ0n) is 8.66. The summed E-state index contributed by atoms with van der Waals surface area (Å²) in [6.07, 6.45) is -2.96. The van der Waals surface area contributed by atoms with E-state index in [0.717, 1.165) is 6.07 Å². The number of alkyl halides is 3. The summed E-state index contributed by atoms with van der Waals surface area (Å²) in [6.45, 7) is 0. The van der Waals surface area contributed by atoms with Gasteiger partial charge >= 0.3 is 6.18 Å². The van der Waals surface area contributed by atoms with Crippen LogP contribution in [0.5, 0.6) is 0 Å². The van der Waals surface area contributed by atoms with Gasteiger partial charge in [-0.25, -0.2) is 4.98 Å². The van der Waals surface area contributed by atoms with Gasteiger partial charge in [-0.2, -0.15) is 18.3 Å². The molecule has 3 nitrogen and oxygen atoms in total. The van der Waals surface area contributed by atoms with E-state index in [4.69, 9.17) is 0 Å². The van der Waals surface area contributed by atoms with Gasteiger partial charge < -0.3 is 0 Å². The van der Waals surface area contributed by atoms with Crippen molar-refractivity contribution in [3.63, 3.8) is 0 Å². The molecule has 7 heteroatoms. The summed E-state index contributed by atoms with van der Waals surface area (Å²) in [5, 5.41) is 3.96. The lowest BCUT2D eigenvalue weighted by Gasteiger charge is -2.09. The maximum absolute atomic E-state index is 12.7. The summed E-state index contributed by atoms with van der Waals surface area (Å²) in [4.78, 5) is 3.91. The molecule has 0 fully saturated rings. The van der Waals surface area contributed by atoms with Gasteiger partial charge in [-0.3, -0.25) is 4.68 Å². The van der Waals surface area contributed by atoms with E-state index in [1.54, 1.807) is 7.05 Å². The van der Waals surface area contributed by atoms with E-state index < -0.39 is 11.7 Å². The molecule has 90 valence electrons. The first kappa shape index (κ1) is 12.1. The van der Waals surface area contributed by atoms with Crippen LogP contribution in [-0.4, -0.2) is 14.8 Å². The highest BCUT2D eigenvalue weighted by atomic mass is 79.9. The van der Waals surface area contributed by atoms with E-state index in [-0.39, 0.29) is 10.3 Å². The Morgan fingerprint density at radius 3 is 2.53 bits per heavy atom. The van der Waals surface area contributed by atoms with Crippen LogP contribution in [0.2, 0.25) is 0 Å². The molecule has 0 radical (unpaired) electrons. The largest absolute Gasteiger partial charge is 0.417 e. The van der Waals surface area contributed by atoms with Gasteiger partial charge in [0.2, 0.25) is 0 Å². The molecule has 0 N–H and O–H groups in total. The van der Waals surface area contributed by atoms with Crippen LogP contribution in [0.15, 0.2) is 29.0 Å². The number of hydrogen-bond donors (Lipinski definition) is 0. The lowest BCUT2D eigenvalue weighted by Crippen LogP contribution is -2.06. The van der Waals surface area contributed by atoms with Gasteiger partial charge in [0, 0.05) is 17.1 Å². The Bertz CT molecular complexity index is 548. The Kier molecular flexibility index (Phi) is 2.94. The second kappa shape index (κ2) is 4.14. The maximum atomic E-state index is 12.7. The predicted octanol–water partition coefficient (Wildman–Crippen LogP) is 3.26. The molecule has 1 aromatic heterocycles. The fourth-order valence-corrected chi connectivity index (χ4v) is 1.82. The third kappa shape index (κ3) is 2.49. The van der Waals surface area contributed by atoms with Crippen molar-refractivity contribution in [1.29, 1.82) is 0 Å². The van der Waals surface area contributed by atoms with Crippen LogP contribution in [0.25, 0.3) is 11.4 Å². The van der Waals surface area contributed by atoms with Crippen LogP contribution in [0, 0.1) is 0 Å². The molecule has 0 aliphatic rings. The molecule has 2 rings (SSSR count). The summed E-state index contributed by atoms with van der Waals surface area (Å²) in [7, 11) is 1.65. The molecule has 0 saturated carbocycles. The average molecular weight is 306 g/mol. The second-order valence-corrected chi connectivity index (χ2v) is 4.29. The van der Waals surface area contributed by atoms with Crippen molar-refractivity contribution in [2.24, 2.45) is 7.05 Å². The van der Waals surface area contributed by atoms with Crippen LogP contribution in [0.3, 0.4) is 0 Å². The minimum Gasteiger partial charge on any atom is -0.255 e. The fourth-order valence-electron chi connectivity index (χ4n) is 1.35. The number of hydrogen-bond acceptors (Lipinski definition) is 2. The number of aryl methyl sites for hydroxylation is 1. The molecule has 17 heavy (non-hydrogen) atoms. The third-order valence-electron chi connectivity index (χ3n) is 2.13. The zero-order chi connectivity index (χ0) is 12.6. The third-order valence-corrected chi connectivity index (χ3v) is 2.82. The standard InChI is InChI=1S/C10H7BrF3N3/c1-17-5-15-9(16-17)6-2-3-8(11)7(4-6)10(12,13)14/h2-5H,1H3. The first-order chi connectivity index (χ1) is 7.88. The number of rotatable bonds is 1. The normalized spacial score (nSPS) is 11.8. The van der Waals surface area contributed by atoms with Crippen LogP contribution < -0.4 is 0 Å².